The molecule has 0 fully saturated rings. The highest BCUT2D eigenvalue weighted by Gasteiger charge is 2.02. The van der Waals surface area contributed by atoms with E-state index in [9.17, 15) is 9.59 Å². The van der Waals surface area contributed by atoms with Gasteiger partial charge in [-0.1, -0.05) is 12.1 Å². The van der Waals surface area contributed by atoms with Crippen LogP contribution in [0.2, 0.25) is 0 Å². The zero-order valence-corrected chi connectivity index (χ0v) is 12.1. The molecule has 0 saturated heterocycles. The summed E-state index contributed by atoms with van der Waals surface area (Å²) >= 11 is 1.55. The molecule has 108 valence electrons. The summed E-state index contributed by atoms with van der Waals surface area (Å²) < 4.78 is 0. The van der Waals surface area contributed by atoms with Crippen molar-refractivity contribution in [1.29, 1.82) is 0 Å². The van der Waals surface area contributed by atoms with Gasteiger partial charge in [0.25, 0.3) is 0 Å². The summed E-state index contributed by atoms with van der Waals surface area (Å²) in [6.45, 7) is 4.00. The van der Waals surface area contributed by atoms with Crippen LogP contribution in [0.4, 0.5) is 0 Å². The highest BCUT2D eigenvalue weighted by atomic mass is 32.1. The van der Waals surface area contributed by atoms with Crippen LogP contribution in [0.5, 0.6) is 0 Å². The summed E-state index contributed by atoms with van der Waals surface area (Å²) in [6.07, 6.45) is 5.41. The van der Waals surface area contributed by atoms with Crippen LogP contribution in [0, 0.1) is 0 Å². The highest BCUT2D eigenvalue weighted by molar-refractivity contribution is 7.11. The Morgan fingerprint density at radius 2 is 2.05 bits per heavy atom. The van der Waals surface area contributed by atoms with Crippen LogP contribution in [0.15, 0.2) is 35.3 Å². The van der Waals surface area contributed by atoms with Crippen molar-refractivity contribution < 1.29 is 9.59 Å². The minimum atomic E-state index is -0.135. The van der Waals surface area contributed by atoms with Gasteiger partial charge in [0.1, 0.15) is 0 Å². The van der Waals surface area contributed by atoms with Gasteiger partial charge in [-0.15, -0.1) is 17.9 Å². The van der Waals surface area contributed by atoms with E-state index in [2.05, 4.69) is 22.4 Å². The van der Waals surface area contributed by atoms with E-state index < -0.39 is 0 Å². The van der Waals surface area contributed by atoms with Crippen molar-refractivity contribution in [2.24, 2.45) is 5.10 Å². The quantitative estimate of drug-likeness (QED) is 0.317. The SMILES string of the molecule is C=CCNC(=O)CCCCC(=O)NN=Cc1cccs1. The minimum absolute atomic E-state index is 0.0129. The summed E-state index contributed by atoms with van der Waals surface area (Å²) in [5.74, 6) is -0.148. The third kappa shape index (κ3) is 7.48. The predicted molar refractivity (Wildman–Crippen MR) is 81.7 cm³/mol. The molecule has 20 heavy (non-hydrogen) atoms. The molecule has 5 nitrogen and oxygen atoms in total. The molecule has 1 heterocycles. The van der Waals surface area contributed by atoms with Crippen LogP contribution in [0.1, 0.15) is 30.6 Å². The zero-order valence-electron chi connectivity index (χ0n) is 11.3. The molecule has 1 rings (SSSR count). The second-order valence-electron chi connectivity index (χ2n) is 4.11. The van der Waals surface area contributed by atoms with E-state index >= 15 is 0 Å². The van der Waals surface area contributed by atoms with Crippen LogP contribution in [0.25, 0.3) is 0 Å². The first-order valence-electron chi connectivity index (χ1n) is 6.45. The Kier molecular flexibility index (Phi) is 7.98. The molecule has 1 aromatic heterocycles. The van der Waals surface area contributed by atoms with Crippen molar-refractivity contribution in [2.75, 3.05) is 6.54 Å². The van der Waals surface area contributed by atoms with E-state index in [0.29, 0.717) is 32.2 Å². The average molecular weight is 293 g/mol. The number of carbonyl (C=O) groups is 2. The number of hydrogen-bond donors (Lipinski definition) is 2. The minimum Gasteiger partial charge on any atom is -0.353 e. The van der Waals surface area contributed by atoms with Crippen LogP contribution < -0.4 is 10.7 Å². The predicted octanol–water partition coefficient (Wildman–Crippen LogP) is 2.06. The van der Waals surface area contributed by atoms with Gasteiger partial charge in [-0.3, -0.25) is 9.59 Å². The molecule has 0 spiro atoms. The summed E-state index contributed by atoms with van der Waals surface area (Å²) in [7, 11) is 0. The van der Waals surface area contributed by atoms with E-state index in [-0.39, 0.29) is 11.8 Å². The fourth-order valence-electron chi connectivity index (χ4n) is 1.43. The molecule has 0 aliphatic heterocycles. The van der Waals surface area contributed by atoms with Crippen molar-refractivity contribution in [2.45, 2.75) is 25.7 Å². The largest absolute Gasteiger partial charge is 0.353 e. The Labute approximate surface area is 122 Å². The lowest BCUT2D eigenvalue weighted by Gasteiger charge is -2.02. The Balaban J connectivity index is 2.05. The molecule has 0 radical (unpaired) electrons. The number of unbranched alkanes of at least 4 members (excludes halogenated alkanes) is 1. The number of carbonyl (C=O) groups excluding carboxylic acids is 2. The lowest BCUT2D eigenvalue weighted by molar-refractivity contribution is -0.122. The van der Waals surface area contributed by atoms with Gasteiger partial charge in [-0.25, -0.2) is 5.43 Å². The molecule has 0 saturated carbocycles. The standard InChI is InChI=1S/C14H19N3O2S/c1-2-9-15-13(18)7-3-4-8-14(19)17-16-11-12-6-5-10-20-12/h2,5-6,10-11H,1,3-4,7-9H2,(H,15,18)(H,17,19). The van der Waals surface area contributed by atoms with E-state index in [0.717, 1.165) is 4.88 Å². The van der Waals surface area contributed by atoms with Crippen molar-refractivity contribution in [3.05, 3.63) is 35.0 Å². The zero-order chi connectivity index (χ0) is 14.6. The second kappa shape index (κ2) is 9.91. The maximum atomic E-state index is 11.5. The first kappa shape index (κ1) is 16.1. The first-order valence-corrected chi connectivity index (χ1v) is 7.33. The van der Waals surface area contributed by atoms with Gasteiger partial charge in [0.05, 0.1) is 6.21 Å². The number of thiophene rings is 1. The highest BCUT2D eigenvalue weighted by Crippen LogP contribution is 2.04. The Bertz CT molecular complexity index is 455. The lowest BCUT2D eigenvalue weighted by Crippen LogP contribution is -2.23. The van der Waals surface area contributed by atoms with E-state index in [1.807, 2.05) is 17.5 Å². The van der Waals surface area contributed by atoms with Crippen molar-refractivity contribution >= 4 is 29.4 Å². The maximum Gasteiger partial charge on any atom is 0.240 e. The Morgan fingerprint density at radius 1 is 1.30 bits per heavy atom. The van der Waals surface area contributed by atoms with Gasteiger partial charge >= 0.3 is 0 Å². The summed E-state index contributed by atoms with van der Waals surface area (Å²) in [4.78, 5) is 23.7. The molecule has 1 aromatic rings. The average Bonchev–Trinajstić information content (AvgIpc) is 2.94. The fraction of sp³-hybridized carbons (Fsp3) is 0.357. The lowest BCUT2D eigenvalue weighted by atomic mass is 10.2. The van der Waals surface area contributed by atoms with E-state index in [4.69, 9.17) is 0 Å². The van der Waals surface area contributed by atoms with Gasteiger partial charge in [-0.2, -0.15) is 5.10 Å². The molecule has 2 amide bonds. The number of nitrogens with one attached hydrogen (secondary N) is 2. The molecule has 0 bridgehead atoms. The monoisotopic (exact) mass is 293 g/mol. The summed E-state index contributed by atoms with van der Waals surface area (Å²) in [5, 5.41) is 8.50. The third-order valence-electron chi connectivity index (χ3n) is 2.43. The van der Waals surface area contributed by atoms with E-state index in [1.54, 1.807) is 23.6 Å². The third-order valence-corrected chi connectivity index (χ3v) is 3.23. The van der Waals surface area contributed by atoms with Crippen LogP contribution in [-0.4, -0.2) is 24.6 Å². The molecular weight excluding hydrogens is 274 g/mol. The molecule has 2 N–H and O–H groups in total. The van der Waals surface area contributed by atoms with Crippen molar-refractivity contribution in [3.8, 4) is 0 Å². The fourth-order valence-corrected chi connectivity index (χ4v) is 2.02. The molecular formula is C14H19N3O2S. The number of hydrazone groups is 1. The molecule has 0 unspecified atom stereocenters. The number of hydrogen-bond acceptors (Lipinski definition) is 4. The molecule has 0 atom stereocenters. The Hall–Kier alpha value is -1.95. The van der Waals surface area contributed by atoms with Crippen LogP contribution in [0.3, 0.4) is 0 Å². The maximum absolute atomic E-state index is 11.5. The van der Waals surface area contributed by atoms with Crippen LogP contribution in [-0.2, 0) is 9.59 Å². The topological polar surface area (TPSA) is 70.6 Å². The molecule has 0 aliphatic carbocycles. The van der Waals surface area contributed by atoms with Gasteiger partial charge in [-0.05, 0) is 24.3 Å². The van der Waals surface area contributed by atoms with Crippen molar-refractivity contribution in [3.63, 3.8) is 0 Å². The molecule has 0 aliphatic rings. The van der Waals surface area contributed by atoms with Gasteiger partial charge in [0.15, 0.2) is 0 Å². The van der Waals surface area contributed by atoms with E-state index in [1.165, 1.54) is 0 Å². The van der Waals surface area contributed by atoms with Crippen molar-refractivity contribution in [1.82, 2.24) is 10.7 Å². The Morgan fingerprint density at radius 3 is 2.70 bits per heavy atom. The molecule has 0 aromatic carbocycles. The van der Waals surface area contributed by atoms with Crippen LogP contribution >= 0.6 is 11.3 Å². The summed E-state index contributed by atoms with van der Waals surface area (Å²) in [5.41, 5.74) is 2.47. The number of nitrogens with zero attached hydrogens (tertiary/aromatic N) is 1. The van der Waals surface area contributed by atoms with Gasteiger partial charge in [0.2, 0.25) is 11.8 Å². The normalized spacial score (nSPS) is 10.4. The summed E-state index contributed by atoms with van der Waals surface area (Å²) in [6, 6.07) is 3.84. The van der Waals surface area contributed by atoms with Gasteiger partial charge < -0.3 is 5.32 Å². The first-order chi connectivity index (χ1) is 9.72. The molecule has 6 heteroatoms. The smallest absolute Gasteiger partial charge is 0.240 e. The second-order valence-corrected chi connectivity index (χ2v) is 5.09. The van der Waals surface area contributed by atoms with Gasteiger partial charge in [0, 0.05) is 24.3 Å². The number of amides is 2. The number of rotatable bonds is 9.